The highest BCUT2D eigenvalue weighted by Gasteiger charge is 2.45. The molecule has 0 unspecified atom stereocenters. The Labute approximate surface area is 166 Å². The predicted octanol–water partition coefficient (Wildman–Crippen LogP) is 2.80. The minimum absolute atomic E-state index is 0.0256. The van der Waals surface area contributed by atoms with Gasteiger partial charge in [0.15, 0.2) is 0 Å². The molecule has 1 aromatic carbocycles. The molecule has 146 valence electrons. The van der Waals surface area contributed by atoms with E-state index in [2.05, 4.69) is 5.32 Å². The third-order valence-corrected chi connectivity index (χ3v) is 5.46. The third-order valence-electron chi connectivity index (χ3n) is 4.59. The van der Waals surface area contributed by atoms with Gasteiger partial charge in [-0.25, -0.2) is 9.69 Å². The van der Waals surface area contributed by atoms with E-state index >= 15 is 0 Å². The van der Waals surface area contributed by atoms with Crippen molar-refractivity contribution >= 4 is 40.8 Å². The summed E-state index contributed by atoms with van der Waals surface area (Å²) in [6.45, 7) is 3.50. The molecule has 7 nitrogen and oxygen atoms in total. The summed E-state index contributed by atoms with van der Waals surface area (Å²) in [4.78, 5) is 51.8. The van der Waals surface area contributed by atoms with Crippen molar-refractivity contribution in [2.24, 2.45) is 0 Å². The minimum Gasteiger partial charge on any atom is -0.324 e. The van der Waals surface area contributed by atoms with Crippen LogP contribution in [-0.2, 0) is 33.8 Å². The van der Waals surface area contributed by atoms with Gasteiger partial charge in [0.2, 0.25) is 5.91 Å². The summed E-state index contributed by atoms with van der Waals surface area (Å²) in [7, 11) is 0. The van der Waals surface area contributed by atoms with E-state index < -0.39 is 30.3 Å². The lowest BCUT2D eigenvalue weighted by Gasteiger charge is -2.17. The number of carbonyl (C=O) groups is 4. The van der Waals surface area contributed by atoms with Gasteiger partial charge in [-0.2, -0.15) is 0 Å². The van der Waals surface area contributed by atoms with Crippen LogP contribution in [0.2, 0.25) is 0 Å². The van der Waals surface area contributed by atoms with Gasteiger partial charge in [0.1, 0.15) is 6.54 Å². The van der Waals surface area contributed by atoms with Crippen LogP contribution in [0.3, 0.4) is 0 Å². The lowest BCUT2D eigenvalue weighted by molar-refractivity contribution is -0.143. The standard InChI is InChI=1S/C20H21N3O4S/c1-3-13-7-5-8-14(4-2)17(13)21-16(24)12-23-19(26)18(25)22(20(23)27)11-15-9-6-10-28-15/h5-10H,3-4,11-12H2,1-2H3,(H,21,24). The Hall–Kier alpha value is -3.00. The quantitative estimate of drug-likeness (QED) is 0.573. The molecule has 5 amide bonds. The zero-order chi connectivity index (χ0) is 20.3. The van der Waals surface area contributed by atoms with Crippen LogP contribution in [0.25, 0.3) is 0 Å². The molecule has 3 rings (SSSR count). The number of benzene rings is 1. The van der Waals surface area contributed by atoms with E-state index in [1.165, 1.54) is 11.3 Å². The smallest absolute Gasteiger partial charge is 0.324 e. The summed E-state index contributed by atoms with van der Waals surface area (Å²) in [5.74, 6) is -2.39. The number of nitrogens with zero attached hydrogens (tertiary/aromatic N) is 2. The highest BCUT2D eigenvalue weighted by Crippen LogP contribution is 2.23. The van der Waals surface area contributed by atoms with Crippen LogP contribution in [-0.4, -0.2) is 40.1 Å². The molecule has 28 heavy (non-hydrogen) atoms. The number of rotatable bonds is 7. The molecule has 1 aliphatic heterocycles. The van der Waals surface area contributed by atoms with Gasteiger partial charge in [0, 0.05) is 10.6 Å². The minimum atomic E-state index is -0.976. The molecular formula is C20H21N3O4S. The maximum atomic E-state index is 12.5. The summed E-state index contributed by atoms with van der Waals surface area (Å²) in [6, 6.07) is 8.59. The fraction of sp³-hybridized carbons (Fsp3) is 0.300. The lowest BCUT2D eigenvalue weighted by atomic mass is 10.0. The first-order valence-electron chi connectivity index (χ1n) is 9.06. The molecule has 1 fully saturated rings. The van der Waals surface area contributed by atoms with Crippen LogP contribution >= 0.6 is 11.3 Å². The van der Waals surface area contributed by atoms with Crippen LogP contribution in [0.15, 0.2) is 35.7 Å². The largest absolute Gasteiger partial charge is 0.335 e. The highest BCUT2D eigenvalue weighted by molar-refractivity contribution is 7.09. The summed E-state index contributed by atoms with van der Waals surface area (Å²) in [6.07, 6.45) is 1.47. The van der Waals surface area contributed by atoms with Gasteiger partial charge in [-0.15, -0.1) is 11.3 Å². The first-order valence-corrected chi connectivity index (χ1v) is 9.94. The number of anilines is 1. The number of amides is 5. The molecular weight excluding hydrogens is 378 g/mol. The van der Waals surface area contributed by atoms with Crippen molar-refractivity contribution in [1.29, 1.82) is 0 Å². The van der Waals surface area contributed by atoms with Crippen LogP contribution in [0.1, 0.15) is 29.9 Å². The van der Waals surface area contributed by atoms with Crippen molar-refractivity contribution in [2.45, 2.75) is 33.2 Å². The molecule has 8 heteroatoms. The second kappa shape index (κ2) is 8.35. The van der Waals surface area contributed by atoms with Gasteiger partial charge in [-0.05, 0) is 35.4 Å². The molecule has 2 aromatic rings. The van der Waals surface area contributed by atoms with E-state index in [1.807, 2.05) is 37.4 Å². The number of thiophene rings is 1. The fourth-order valence-corrected chi connectivity index (χ4v) is 3.81. The fourth-order valence-electron chi connectivity index (χ4n) is 3.11. The summed E-state index contributed by atoms with van der Waals surface area (Å²) < 4.78 is 0. The van der Waals surface area contributed by atoms with E-state index in [-0.39, 0.29) is 6.54 Å². The van der Waals surface area contributed by atoms with Crippen molar-refractivity contribution in [3.63, 3.8) is 0 Å². The average Bonchev–Trinajstić information content (AvgIpc) is 3.27. The number of hydrogen-bond acceptors (Lipinski definition) is 5. The van der Waals surface area contributed by atoms with Crippen LogP contribution in [0, 0.1) is 0 Å². The maximum Gasteiger partial charge on any atom is 0.335 e. The molecule has 1 saturated heterocycles. The van der Waals surface area contributed by atoms with Gasteiger partial charge < -0.3 is 5.32 Å². The Kier molecular flexibility index (Phi) is 5.89. The van der Waals surface area contributed by atoms with Crippen molar-refractivity contribution in [2.75, 3.05) is 11.9 Å². The first-order chi connectivity index (χ1) is 13.5. The number of aryl methyl sites for hydroxylation is 2. The molecule has 2 heterocycles. The molecule has 0 radical (unpaired) electrons. The second-order valence-corrected chi connectivity index (χ2v) is 7.38. The molecule has 0 spiro atoms. The van der Waals surface area contributed by atoms with Crippen molar-refractivity contribution in [1.82, 2.24) is 9.80 Å². The van der Waals surface area contributed by atoms with Crippen LogP contribution in [0.4, 0.5) is 10.5 Å². The van der Waals surface area contributed by atoms with Crippen molar-refractivity contribution < 1.29 is 19.2 Å². The monoisotopic (exact) mass is 399 g/mol. The number of imide groups is 2. The summed E-state index contributed by atoms with van der Waals surface area (Å²) >= 11 is 1.38. The van der Waals surface area contributed by atoms with Gasteiger partial charge in [-0.1, -0.05) is 38.1 Å². The average molecular weight is 399 g/mol. The van der Waals surface area contributed by atoms with E-state index in [0.29, 0.717) is 10.6 Å². The number of para-hydroxylation sites is 1. The predicted molar refractivity (Wildman–Crippen MR) is 106 cm³/mol. The van der Waals surface area contributed by atoms with E-state index in [4.69, 9.17) is 0 Å². The maximum absolute atomic E-state index is 12.5. The molecule has 0 atom stereocenters. The van der Waals surface area contributed by atoms with Crippen molar-refractivity contribution in [3.05, 3.63) is 51.7 Å². The van der Waals surface area contributed by atoms with Crippen LogP contribution < -0.4 is 5.32 Å². The Balaban J connectivity index is 1.73. The van der Waals surface area contributed by atoms with Crippen molar-refractivity contribution in [3.8, 4) is 0 Å². The Morgan fingerprint density at radius 2 is 1.61 bits per heavy atom. The SMILES string of the molecule is CCc1cccc(CC)c1NC(=O)CN1C(=O)C(=O)N(Cc2cccs2)C1=O. The number of hydrogen-bond donors (Lipinski definition) is 1. The van der Waals surface area contributed by atoms with E-state index in [0.717, 1.165) is 33.7 Å². The Bertz CT molecular complexity index is 901. The second-order valence-electron chi connectivity index (χ2n) is 6.35. The number of urea groups is 1. The Morgan fingerprint density at radius 3 is 2.18 bits per heavy atom. The molecule has 1 N–H and O–H groups in total. The normalized spacial score (nSPS) is 14.1. The zero-order valence-corrected chi connectivity index (χ0v) is 16.5. The van der Waals surface area contributed by atoms with Gasteiger partial charge >= 0.3 is 17.8 Å². The zero-order valence-electron chi connectivity index (χ0n) is 15.7. The summed E-state index contributed by atoms with van der Waals surface area (Å²) in [5, 5.41) is 4.63. The van der Waals surface area contributed by atoms with E-state index in [1.54, 1.807) is 12.1 Å². The van der Waals surface area contributed by atoms with Gasteiger partial charge in [0.05, 0.1) is 6.54 Å². The summed E-state index contributed by atoms with van der Waals surface area (Å²) in [5.41, 5.74) is 2.66. The van der Waals surface area contributed by atoms with Gasteiger partial charge in [-0.3, -0.25) is 19.3 Å². The number of nitrogens with one attached hydrogen (secondary N) is 1. The molecule has 0 aliphatic carbocycles. The first kappa shape index (κ1) is 19.8. The highest BCUT2D eigenvalue weighted by atomic mass is 32.1. The molecule has 0 saturated carbocycles. The molecule has 1 aliphatic rings. The lowest BCUT2D eigenvalue weighted by Crippen LogP contribution is -2.39. The molecule has 1 aromatic heterocycles. The Morgan fingerprint density at radius 1 is 0.964 bits per heavy atom. The molecule has 0 bridgehead atoms. The van der Waals surface area contributed by atoms with Gasteiger partial charge in [0.25, 0.3) is 0 Å². The number of carbonyl (C=O) groups excluding carboxylic acids is 4. The third kappa shape index (κ3) is 3.82. The van der Waals surface area contributed by atoms with Crippen LogP contribution in [0.5, 0.6) is 0 Å². The topological polar surface area (TPSA) is 86.8 Å². The van der Waals surface area contributed by atoms with E-state index in [9.17, 15) is 19.2 Å².